The zero-order valence-electron chi connectivity index (χ0n) is 18.3. The molecule has 0 bridgehead atoms. The van der Waals surface area contributed by atoms with Crippen molar-refractivity contribution in [2.75, 3.05) is 11.9 Å². The van der Waals surface area contributed by atoms with E-state index in [2.05, 4.69) is 21.2 Å². The molecule has 1 aliphatic rings. The molecule has 3 aromatic rings. The molecular formula is C25H16BrCl2FN2O4S. The monoisotopic (exact) mass is 608 g/mol. The van der Waals surface area contributed by atoms with E-state index >= 15 is 0 Å². The van der Waals surface area contributed by atoms with Crippen molar-refractivity contribution in [3.8, 4) is 5.75 Å². The van der Waals surface area contributed by atoms with E-state index in [9.17, 15) is 18.8 Å². The predicted molar refractivity (Wildman–Crippen MR) is 143 cm³/mol. The van der Waals surface area contributed by atoms with Crippen LogP contribution in [-0.2, 0) is 16.2 Å². The van der Waals surface area contributed by atoms with Crippen LogP contribution in [0.5, 0.6) is 5.75 Å². The molecule has 0 unspecified atom stereocenters. The van der Waals surface area contributed by atoms with Crippen molar-refractivity contribution in [1.82, 2.24) is 4.90 Å². The molecule has 3 amide bonds. The molecule has 1 aliphatic heterocycles. The molecular weight excluding hydrogens is 594 g/mol. The molecule has 0 aliphatic carbocycles. The van der Waals surface area contributed by atoms with Crippen LogP contribution in [0, 0.1) is 5.82 Å². The Labute approximate surface area is 228 Å². The average Bonchev–Trinajstić information content (AvgIpc) is 3.08. The van der Waals surface area contributed by atoms with Gasteiger partial charge in [0.2, 0.25) is 5.91 Å². The number of carbonyl (C=O) groups is 3. The highest BCUT2D eigenvalue weighted by Gasteiger charge is 2.36. The molecule has 0 atom stereocenters. The number of hydrogen-bond donors (Lipinski definition) is 1. The summed E-state index contributed by atoms with van der Waals surface area (Å²) in [6.07, 6.45) is 1.53. The molecule has 0 radical (unpaired) electrons. The van der Waals surface area contributed by atoms with Gasteiger partial charge in [-0.15, -0.1) is 0 Å². The van der Waals surface area contributed by atoms with Crippen LogP contribution in [0.1, 0.15) is 11.1 Å². The summed E-state index contributed by atoms with van der Waals surface area (Å²) in [7, 11) is 0. The zero-order valence-corrected chi connectivity index (χ0v) is 22.2. The van der Waals surface area contributed by atoms with Crippen molar-refractivity contribution in [2.45, 2.75) is 6.61 Å². The summed E-state index contributed by atoms with van der Waals surface area (Å²) in [6.45, 7) is -0.307. The van der Waals surface area contributed by atoms with Crippen LogP contribution in [0.2, 0.25) is 10.0 Å². The van der Waals surface area contributed by atoms with Crippen molar-refractivity contribution in [1.29, 1.82) is 0 Å². The van der Waals surface area contributed by atoms with E-state index in [-0.39, 0.29) is 17.2 Å². The van der Waals surface area contributed by atoms with Gasteiger partial charge in [-0.25, -0.2) is 4.39 Å². The lowest BCUT2D eigenvalue weighted by Crippen LogP contribution is -2.36. The highest BCUT2D eigenvalue weighted by atomic mass is 79.9. The minimum atomic E-state index is -0.628. The lowest BCUT2D eigenvalue weighted by atomic mass is 10.1. The maximum atomic E-state index is 13.3. The Morgan fingerprint density at radius 2 is 1.89 bits per heavy atom. The number of amides is 3. The summed E-state index contributed by atoms with van der Waals surface area (Å²) < 4.78 is 20.0. The van der Waals surface area contributed by atoms with Gasteiger partial charge in [0.25, 0.3) is 11.1 Å². The number of benzene rings is 3. The van der Waals surface area contributed by atoms with Crippen molar-refractivity contribution < 1.29 is 23.5 Å². The lowest BCUT2D eigenvalue weighted by molar-refractivity contribution is -0.127. The number of hydrogen-bond acceptors (Lipinski definition) is 5. The fraction of sp³-hybridized carbons (Fsp3) is 0.0800. The van der Waals surface area contributed by atoms with Crippen molar-refractivity contribution in [3.05, 3.63) is 97.0 Å². The number of imide groups is 1. The molecule has 6 nitrogen and oxygen atoms in total. The Morgan fingerprint density at radius 3 is 2.64 bits per heavy atom. The van der Waals surface area contributed by atoms with E-state index in [1.807, 2.05) is 0 Å². The lowest BCUT2D eigenvalue weighted by Gasteiger charge is -2.13. The number of carbonyl (C=O) groups excluding carboxylic acids is 3. The highest BCUT2D eigenvalue weighted by Crippen LogP contribution is 2.35. The Hall–Kier alpha value is -2.85. The van der Waals surface area contributed by atoms with Crippen LogP contribution < -0.4 is 10.1 Å². The number of ether oxygens (including phenoxy) is 1. The van der Waals surface area contributed by atoms with E-state index in [0.717, 1.165) is 21.0 Å². The molecule has 0 saturated carbocycles. The van der Waals surface area contributed by atoms with E-state index in [1.54, 1.807) is 36.4 Å². The molecule has 4 rings (SSSR count). The summed E-state index contributed by atoms with van der Waals surface area (Å²) in [5, 5.41) is 2.73. The van der Waals surface area contributed by atoms with Gasteiger partial charge in [0.1, 0.15) is 24.7 Å². The highest BCUT2D eigenvalue weighted by molar-refractivity contribution is 9.10. The van der Waals surface area contributed by atoms with Crippen LogP contribution >= 0.6 is 50.9 Å². The standard InChI is InChI=1S/C25H16BrCl2FN2O4S/c26-16-5-7-21(35-13-14-4-6-19(27)20(28)8-14)15(9-16)10-22-24(33)31(25(34)36-22)12-23(32)30-18-3-1-2-17(29)11-18/h1-11H,12-13H2,(H,30,32)/b22-10+. The molecule has 1 saturated heterocycles. The fourth-order valence-electron chi connectivity index (χ4n) is 3.24. The Balaban J connectivity index is 1.48. The van der Waals surface area contributed by atoms with Gasteiger partial charge in [-0.2, -0.15) is 0 Å². The molecule has 1 fully saturated rings. The SMILES string of the molecule is O=C(CN1C(=O)S/C(=C/c2cc(Br)ccc2OCc2ccc(Cl)c(Cl)c2)C1=O)Nc1cccc(F)c1. The largest absolute Gasteiger partial charge is 0.488 e. The number of nitrogens with zero attached hydrogens (tertiary/aromatic N) is 1. The third-order valence-corrected chi connectivity index (χ3v) is 7.06. The normalized spacial score (nSPS) is 14.4. The van der Waals surface area contributed by atoms with Crippen molar-refractivity contribution >= 4 is 79.7 Å². The number of thioether (sulfide) groups is 1. The van der Waals surface area contributed by atoms with Gasteiger partial charge in [-0.1, -0.05) is 51.3 Å². The maximum Gasteiger partial charge on any atom is 0.294 e. The first-order valence-electron chi connectivity index (χ1n) is 10.4. The molecule has 184 valence electrons. The van der Waals surface area contributed by atoms with E-state index < -0.39 is 29.4 Å². The maximum absolute atomic E-state index is 13.3. The fourth-order valence-corrected chi connectivity index (χ4v) is 4.77. The summed E-state index contributed by atoms with van der Waals surface area (Å²) >= 11 is 16.1. The predicted octanol–water partition coefficient (Wildman–Crippen LogP) is 7.15. The van der Waals surface area contributed by atoms with Gasteiger partial charge < -0.3 is 10.1 Å². The van der Waals surface area contributed by atoms with E-state index in [0.29, 0.717) is 33.1 Å². The van der Waals surface area contributed by atoms with Gasteiger partial charge in [0.15, 0.2) is 0 Å². The molecule has 1 N–H and O–H groups in total. The van der Waals surface area contributed by atoms with E-state index in [4.69, 9.17) is 27.9 Å². The second-order valence-corrected chi connectivity index (χ2v) is 10.3. The quantitative estimate of drug-likeness (QED) is 0.288. The Kier molecular flexibility index (Phi) is 8.35. The molecule has 0 aromatic heterocycles. The smallest absolute Gasteiger partial charge is 0.294 e. The molecule has 3 aromatic carbocycles. The Morgan fingerprint density at radius 1 is 1.08 bits per heavy atom. The summed E-state index contributed by atoms with van der Waals surface area (Å²) in [5.41, 5.74) is 1.57. The van der Waals surface area contributed by atoms with Crippen LogP contribution in [0.25, 0.3) is 6.08 Å². The summed E-state index contributed by atoms with van der Waals surface area (Å²) in [6, 6.07) is 15.7. The van der Waals surface area contributed by atoms with Gasteiger partial charge in [-0.05, 0) is 71.9 Å². The summed E-state index contributed by atoms with van der Waals surface area (Å²) in [5.74, 6) is -1.29. The first-order valence-corrected chi connectivity index (χ1v) is 12.7. The number of rotatable bonds is 7. The summed E-state index contributed by atoms with van der Waals surface area (Å²) in [4.78, 5) is 38.7. The average molecular weight is 610 g/mol. The van der Waals surface area contributed by atoms with Crippen LogP contribution in [0.15, 0.2) is 70.0 Å². The number of halogens is 4. The minimum Gasteiger partial charge on any atom is -0.488 e. The molecule has 0 spiro atoms. The molecule has 1 heterocycles. The molecule has 11 heteroatoms. The van der Waals surface area contributed by atoms with Gasteiger partial charge in [-0.3, -0.25) is 19.3 Å². The van der Waals surface area contributed by atoms with Gasteiger partial charge in [0.05, 0.1) is 15.0 Å². The first-order chi connectivity index (χ1) is 17.2. The molecule has 36 heavy (non-hydrogen) atoms. The van der Waals surface area contributed by atoms with Crippen LogP contribution in [0.4, 0.5) is 14.9 Å². The second kappa shape index (κ2) is 11.5. The van der Waals surface area contributed by atoms with Gasteiger partial charge in [0, 0.05) is 15.7 Å². The third-order valence-electron chi connectivity index (χ3n) is 4.92. The van der Waals surface area contributed by atoms with Crippen LogP contribution in [0.3, 0.4) is 0 Å². The third kappa shape index (κ3) is 6.47. The Bertz CT molecular complexity index is 1400. The zero-order chi connectivity index (χ0) is 25.8. The van der Waals surface area contributed by atoms with Crippen LogP contribution in [-0.4, -0.2) is 28.5 Å². The minimum absolute atomic E-state index is 0.135. The number of anilines is 1. The second-order valence-electron chi connectivity index (χ2n) is 7.55. The first kappa shape index (κ1) is 26.2. The van der Waals surface area contributed by atoms with E-state index in [1.165, 1.54) is 24.3 Å². The number of nitrogens with one attached hydrogen (secondary N) is 1. The van der Waals surface area contributed by atoms with Crippen molar-refractivity contribution in [2.24, 2.45) is 0 Å². The van der Waals surface area contributed by atoms with Crippen molar-refractivity contribution in [3.63, 3.8) is 0 Å². The van der Waals surface area contributed by atoms with Gasteiger partial charge >= 0.3 is 0 Å². The topological polar surface area (TPSA) is 75.7 Å².